The Morgan fingerprint density at radius 3 is 2.75 bits per heavy atom. The van der Waals surface area contributed by atoms with Crippen LogP contribution in [0.25, 0.3) is 0 Å². The van der Waals surface area contributed by atoms with Crippen LogP contribution in [0.15, 0.2) is 0 Å². The Hall–Kier alpha value is -0.530. The fourth-order valence-corrected chi connectivity index (χ4v) is 2.01. The van der Waals surface area contributed by atoms with Crippen LogP contribution in [0.3, 0.4) is 0 Å². The van der Waals surface area contributed by atoms with Crippen molar-refractivity contribution in [1.29, 1.82) is 0 Å². The Balaban J connectivity index is 2.30. The van der Waals surface area contributed by atoms with Gasteiger partial charge in [0.05, 0.1) is 0 Å². The van der Waals surface area contributed by atoms with Crippen molar-refractivity contribution in [1.82, 2.24) is 0 Å². The van der Waals surface area contributed by atoms with Gasteiger partial charge in [0.2, 0.25) is 0 Å². The van der Waals surface area contributed by atoms with Gasteiger partial charge in [0, 0.05) is 6.42 Å². The summed E-state index contributed by atoms with van der Waals surface area (Å²) in [7, 11) is 0. The number of carbonyl (C=O) groups is 1. The summed E-state index contributed by atoms with van der Waals surface area (Å²) in [6.07, 6.45) is 6.35. The number of carboxylic acid groups (broad SMARTS) is 1. The molecule has 1 rings (SSSR count). The fraction of sp³-hybridized carbons (Fsp3) is 0.900. The molecule has 70 valence electrons. The van der Waals surface area contributed by atoms with E-state index in [9.17, 15) is 4.79 Å². The fourth-order valence-electron chi connectivity index (χ4n) is 2.01. The standard InChI is InChI=1S/C10H18O2/c1-8-3-2-4-9(6-5-8)7-10(11)12/h8-9H,2-7H2,1H3,(H,11,12)/t8-,9?/m0/s1. The molecule has 0 heterocycles. The van der Waals surface area contributed by atoms with Gasteiger partial charge >= 0.3 is 5.97 Å². The van der Waals surface area contributed by atoms with Crippen molar-refractivity contribution in [3.8, 4) is 0 Å². The summed E-state index contributed by atoms with van der Waals surface area (Å²) < 4.78 is 0. The Morgan fingerprint density at radius 1 is 1.33 bits per heavy atom. The van der Waals surface area contributed by atoms with E-state index in [0.29, 0.717) is 12.3 Å². The molecule has 1 aliphatic carbocycles. The predicted octanol–water partition coefficient (Wildman–Crippen LogP) is 2.68. The van der Waals surface area contributed by atoms with Crippen LogP contribution in [0.1, 0.15) is 45.4 Å². The molecule has 0 saturated heterocycles. The first-order valence-corrected chi connectivity index (χ1v) is 4.90. The second kappa shape index (κ2) is 4.48. The topological polar surface area (TPSA) is 37.3 Å². The lowest BCUT2D eigenvalue weighted by molar-refractivity contribution is -0.138. The van der Waals surface area contributed by atoms with Gasteiger partial charge in [0.1, 0.15) is 0 Å². The van der Waals surface area contributed by atoms with E-state index in [1.54, 1.807) is 0 Å². The van der Waals surface area contributed by atoms with E-state index in [1.165, 1.54) is 19.3 Å². The maximum atomic E-state index is 10.5. The first-order valence-electron chi connectivity index (χ1n) is 4.90. The van der Waals surface area contributed by atoms with Crippen molar-refractivity contribution in [3.05, 3.63) is 0 Å². The summed E-state index contributed by atoms with van der Waals surface area (Å²) in [5, 5.41) is 8.62. The molecular weight excluding hydrogens is 152 g/mol. The molecule has 1 aliphatic rings. The highest BCUT2D eigenvalue weighted by molar-refractivity contribution is 5.66. The van der Waals surface area contributed by atoms with Crippen LogP contribution >= 0.6 is 0 Å². The maximum Gasteiger partial charge on any atom is 0.303 e. The number of rotatable bonds is 2. The van der Waals surface area contributed by atoms with Crippen molar-refractivity contribution in [2.75, 3.05) is 0 Å². The smallest absolute Gasteiger partial charge is 0.303 e. The molecule has 2 heteroatoms. The van der Waals surface area contributed by atoms with Gasteiger partial charge < -0.3 is 5.11 Å². The molecule has 0 aromatic heterocycles. The third-order valence-electron chi connectivity index (χ3n) is 2.84. The van der Waals surface area contributed by atoms with Crippen molar-refractivity contribution in [2.45, 2.75) is 45.4 Å². The highest BCUT2D eigenvalue weighted by Gasteiger charge is 2.18. The maximum absolute atomic E-state index is 10.5. The normalized spacial score (nSPS) is 31.1. The molecule has 1 fully saturated rings. The van der Waals surface area contributed by atoms with Gasteiger partial charge in [-0.2, -0.15) is 0 Å². The van der Waals surface area contributed by atoms with E-state index in [2.05, 4.69) is 6.92 Å². The number of carboxylic acids is 1. The molecule has 0 aromatic carbocycles. The second-order valence-corrected chi connectivity index (χ2v) is 4.08. The third kappa shape index (κ3) is 3.24. The minimum Gasteiger partial charge on any atom is -0.481 e. The molecule has 1 saturated carbocycles. The zero-order valence-electron chi connectivity index (χ0n) is 7.75. The average Bonchev–Trinajstić information content (AvgIpc) is 2.15. The summed E-state index contributed by atoms with van der Waals surface area (Å²) in [6.45, 7) is 2.27. The molecule has 0 amide bonds. The van der Waals surface area contributed by atoms with Gasteiger partial charge in [-0.1, -0.05) is 26.2 Å². The molecule has 0 spiro atoms. The zero-order valence-corrected chi connectivity index (χ0v) is 7.75. The van der Waals surface area contributed by atoms with E-state index >= 15 is 0 Å². The summed E-state index contributed by atoms with van der Waals surface area (Å²) in [5.74, 6) is 0.630. The van der Waals surface area contributed by atoms with E-state index in [4.69, 9.17) is 5.11 Å². The molecule has 0 bridgehead atoms. The Labute approximate surface area is 74.0 Å². The average molecular weight is 170 g/mol. The molecule has 12 heavy (non-hydrogen) atoms. The molecule has 2 atom stereocenters. The van der Waals surface area contributed by atoms with Gasteiger partial charge in [0.25, 0.3) is 0 Å². The highest BCUT2D eigenvalue weighted by atomic mass is 16.4. The lowest BCUT2D eigenvalue weighted by atomic mass is 9.96. The van der Waals surface area contributed by atoms with Crippen molar-refractivity contribution in [2.24, 2.45) is 11.8 Å². The van der Waals surface area contributed by atoms with Gasteiger partial charge in [-0.05, 0) is 24.7 Å². The molecule has 1 N–H and O–H groups in total. The van der Waals surface area contributed by atoms with Gasteiger partial charge in [-0.3, -0.25) is 4.79 Å². The minimum absolute atomic E-state index is 0.382. The lowest BCUT2D eigenvalue weighted by Crippen LogP contribution is -2.06. The van der Waals surface area contributed by atoms with Crippen LogP contribution in [0, 0.1) is 11.8 Å². The van der Waals surface area contributed by atoms with E-state index in [-0.39, 0.29) is 0 Å². The van der Waals surface area contributed by atoms with Crippen LogP contribution in [-0.4, -0.2) is 11.1 Å². The first kappa shape index (κ1) is 9.56. The van der Waals surface area contributed by atoms with Gasteiger partial charge in [-0.25, -0.2) is 0 Å². The SMILES string of the molecule is C[C@H]1CCCC(CC(=O)O)CC1. The highest BCUT2D eigenvalue weighted by Crippen LogP contribution is 2.28. The Bertz CT molecular complexity index is 154. The summed E-state index contributed by atoms with van der Waals surface area (Å²) in [4.78, 5) is 10.5. The monoisotopic (exact) mass is 170 g/mol. The van der Waals surface area contributed by atoms with Crippen LogP contribution in [0.5, 0.6) is 0 Å². The van der Waals surface area contributed by atoms with Crippen LogP contribution in [0.2, 0.25) is 0 Å². The van der Waals surface area contributed by atoms with E-state index in [1.807, 2.05) is 0 Å². The second-order valence-electron chi connectivity index (χ2n) is 4.08. The van der Waals surface area contributed by atoms with Crippen molar-refractivity contribution >= 4 is 5.97 Å². The Kier molecular flexibility index (Phi) is 3.57. The summed E-state index contributed by atoms with van der Waals surface area (Å²) in [6, 6.07) is 0. The Morgan fingerprint density at radius 2 is 2.08 bits per heavy atom. The minimum atomic E-state index is -0.630. The predicted molar refractivity (Wildman–Crippen MR) is 48.0 cm³/mol. The van der Waals surface area contributed by atoms with Gasteiger partial charge in [-0.15, -0.1) is 0 Å². The van der Waals surface area contributed by atoms with Crippen LogP contribution in [-0.2, 0) is 4.79 Å². The molecule has 0 radical (unpaired) electrons. The number of hydrogen-bond acceptors (Lipinski definition) is 1. The number of aliphatic carboxylic acids is 1. The summed E-state index contributed by atoms with van der Waals surface area (Å²) in [5.41, 5.74) is 0. The lowest BCUT2D eigenvalue weighted by Gasteiger charge is -2.10. The number of hydrogen-bond donors (Lipinski definition) is 1. The van der Waals surface area contributed by atoms with Gasteiger partial charge in [0.15, 0.2) is 0 Å². The first-order chi connectivity index (χ1) is 5.68. The molecule has 1 unspecified atom stereocenters. The largest absolute Gasteiger partial charge is 0.481 e. The molecule has 0 aliphatic heterocycles. The van der Waals surface area contributed by atoms with Crippen LogP contribution < -0.4 is 0 Å². The van der Waals surface area contributed by atoms with E-state index in [0.717, 1.165) is 18.8 Å². The molecule has 2 nitrogen and oxygen atoms in total. The van der Waals surface area contributed by atoms with Crippen molar-refractivity contribution < 1.29 is 9.90 Å². The molecule has 0 aromatic rings. The van der Waals surface area contributed by atoms with E-state index < -0.39 is 5.97 Å². The summed E-state index contributed by atoms with van der Waals surface area (Å²) >= 11 is 0. The molecular formula is C10H18O2. The zero-order chi connectivity index (χ0) is 8.97. The third-order valence-corrected chi connectivity index (χ3v) is 2.84. The quantitative estimate of drug-likeness (QED) is 0.647. The van der Waals surface area contributed by atoms with Crippen molar-refractivity contribution in [3.63, 3.8) is 0 Å². The van der Waals surface area contributed by atoms with Crippen LogP contribution in [0.4, 0.5) is 0 Å².